The Hall–Kier alpha value is -2.11. The van der Waals surface area contributed by atoms with E-state index in [4.69, 9.17) is 4.74 Å². The quantitative estimate of drug-likeness (QED) is 0.313. The molecule has 39 heavy (non-hydrogen) atoms. The Balaban J connectivity index is 1.12. The Morgan fingerprint density at radius 3 is 1.74 bits per heavy atom. The molecule has 0 aromatic heterocycles. The van der Waals surface area contributed by atoms with Gasteiger partial charge in [-0.2, -0.15) is 8.78 Å². The Kier molecular flexibility index (Phi) is 8.88. The van der Waals surface area contributed by atoms with E-state index in [9.17, 15) is 13.2 Å². The Bertz CT molecular complexity index is 1090. The molecule has 214 valence electrons. The van der Waals surface area contributed by atoms with Gasteiger partial charge in [-0.25, -0.2) is 13.2 Å². The summed E-state index contributed by atoms with van der Waals surface area (Å²) in [6, 6.07) is 7.20. The van der Waals surface area contributed by atoms with Crippen LogP contribution in [0.3, 0.4) is 0 Å². The van der Waals surface area contributed by atoms with E-state index in [2.05, 4.69) is 6.92 Å². The summed E-state index contributed by atoms with van der Waals surface area (Å²) in [5.41, 5.74) is 0.139. The normalized spacial score (nSPS) is 30.2. The van der Waals surface area contributed by atoms with Gasteiger partial charge in [0.25, 0.3) is 0 Å². The molecule has 2 aromatic rings. The first-order valence-corrected chi connectivity index (χ1v) is 14.9. The van der Waals surface area contributed by atoms with Crippen molar-refractivity contribution in [2.45, 2.75) is 96.8 Å². The zero-order valence-electron chi connectivity index (χ0n) is 22.9. The molecule has 0 N–H and O–H groups in total. The van der Waals surface area contributed by atoms with Gasteiger partial charge in [0.2, 0.25) is 0 Å². The number of halogens is 5. The van der Waals surface area contributed by atoms with Crippen LogP contribution in [0, 0.1) is 47.1 Å². The number of benzene rings is 2. The second-order valence-electron chi connectivity index (χ2n) is 12.6. The van der Waals surface area contributed by atoms with Gasteiger partial charge in [0, 0.05) is 17.2 Å². The molecule has 0 aliphatic heterocycles. The standard InChI is InChI=1S/C33H41F5O/c1-21-2-4-22(5-3-21)23-6-8-24(9-7-23)25-12-14-28(15-13-25)33(37,38)39-29-16-17-30(32(36)19-29)26-10-11-27(20-34)31(35)18-26/h10-11,16-19,21-25,28H,2-9,12-15,20H2,1H3. The summed E-state index contributed by atoms with van der Waals surface area (Å²) in [7, 11) is 0. The Labute approximate surface area is 229 Å². The van der Waals surface area contributed by atoms with Crippen molar-refractivity contribution in [2.24, 2.45) is 35.5 Å². The maximum Gasteiger partial charge on any atom is 0.400 e. The lowest BCUT2D eigenvalue weighted by Crippen LogP contribution is -2.38. The molecule has 0 atom stereocenters. The van der Waals surface area contributed by atoms with E-state index in [0.717, 1.165) is 42.7 Å². The van der Waals surface area contributed by atoms with Gasteiger partial charge >= 0.3 is 6.11 Å². The molecular formula is C33H41F5O. The molecule has 0 saturated heterocycles. The number of ether oxygens (including phenoxy) is 1. The zero-order valence-corrected chi connectivity index (χ0v) is 22.9. The van der Waals surface area contributed by atoms with Crippen molar-refractivity contribution < 1.29 is 26.7 Å². The van der Waals surface area contributed by atoms with E-state index in [1.54, 1.807) is 0 Å². The predicted octanol–water partition coefficient (Wildman–Crippen LogP) is 10.5. The zero-order chi connectivity index (χ0) is 27.6. The van der Waals surface area contributed by atoms with E-state index in [-0.39, 0.29) is 22.4 Å². The van der Waals surface area contributed by atoms with Crippen LogP contribution in [0.2, 0.25) is 0 Å². The van der Waals surface area contributed by atoms with E-state index < -0.39 is 30.3 Å². The van der Waals surface area contributed by atoms with E-state index in [1.807, 2.05) is 0 Å². The molecule has 3 aliphatic carbocycles. The first-order chi connectivity index (χ1) is 18.7. The smallest absolute Gasteiger partial charge is 0.400 e. The lowest BCUT2D eigenvalue weighted by Gasteiger charge is -2.41. The summed E-state index contributed by atoms with van der Waals surface area (Å²) in [6.45, 7) is 1.41. The molecule has 2 aromatic carbocycles. The fourth-order valence-electron chi connectivity index (χ4n) is 7.63. The average molecular weight is 549 g/mol. The summed E-state index contributed by atoms with van der Waals surface area (Å²) in [5, 5.41) is 0. The molecule has 0 bridgehead atoms. The van der Waals surface area contributed by atoms with Crippen molar-refractivity contribution >= 4 is 0 Å². The van der Waals surface area contributed by atoms with Crippen molar-refractivity contribution in [2.75, 3.05) is 0 Å². The van der Waals surface area contributed by atoms with Crippen LogP contribution in [-0.2, 0) is 6.67 Å². The molecule has 3 aliphatic rings. The highest BCUT2D eigenvalue weighted by molar-refractivity contribution is 5.65. The molecule has 1 nitrogen and oxygen atoms in total. The van der Waals surface area contributed by atoms with Crippen molar-refractivity contribution in [3.8, 4) is 16.9 Å². The van der Waals surface area contributed by atoms with Crippen molar-refractivity contribution in [3.63, 3.8) is 0 Å². The van der Waals surface area contributed by atoms with Crippen LogP contribution in [0.1, 0.15) is 89.5 Å². The highest BCUT2D eigenvalue weighted by atomic mass is 19.3. The van der Waals surface area contributed by atoms with Crippen LogP contribution >= 0.6 is 0 Å². The van der Waals surface area contributed by atoms with Gasteiger partial charge in [0.05, 0.1) is 5.92 Å². The third-order valence-corrected chi connectivity index (χ3v) is 10.2. The Morgan fingerprint density at radius 2 is 1.23 bits per heavy atom. The highest BCUT2D eigenvalue weighted by Gasteiger charge is 2.45. The van der Waals surface area contributed by atoms with Crippen LogP contribution in [0.15, 0.2) is 36.4 Å². The van der Waals surface area contributed by atoms with Crippen LogP contribution < -0.4 is 4.74 Å². The Morgan fingerprint density at radius 1 is 0.692 bits per heavy atom. The molecular weight excluding hydrogens is 507 g/mol. The number of hydrogen-bond donors (Lipinski definition) is 0. The summed E-state index contributed by atoms with van der Waals surface area (Å²) in [6.07, 6.45) is 9.64. The third kappa shape index (κ3) is 6.62. The predicted molar refractivity (Wildman–Crippen MR) is 144 cm³/mol. The fourth-order valence-corrected chi connectivity index (χ4v) is 7.63. The van der Waals surface area contributed by atoms with Gasteiger partial charge in [-0.1, -0.05) is 31.9 Å². The maximum atomic E-state index is 15.1. The minimum absolute atomic E-state index is 0.0447. The largest absolute Gasteiger partial charge is 0.432 e. The van der Waals surface area contributed by atoms with E-state index in [1.165, 1.54) is 75.6 Å². The van der Waals surface area contributed by atoms with Crippen LogP contribution in [-0.4, -0.2) is 6.11 Å². The summed E-state index contributed by atoms with van der Waals surface area (Å²) in [5.74, 6) is 1.11. The first kappa shape index (κ1) is 28.4. The van der Waals surface area contributed by atoms with Crippen LogP contribution in [0.25, 0.3) is 11.1 Å². The topological polar surface area (TPSA) is 9.23 Å². The second kappa shape index (κ2) is 12.2. The highest BCUT2D eigenvalue weighted by Crippen LogP contribution is 2.48. The summed E-state index contributed by atoms with van der Waals surface area (Å²) < 4.78 is 76.7. The molecule has 0 radical (unpaired) electrons. The molecule has 3 fully saturated rings. The molecule has 0 unspecified atom stereocenters. The molecule has 3 saturated carbocycles. The molecule has 6 heteroatoms. The lowest BCUT2D eigenvalue weighted by atomic mass is 9.65. The van der Waals surface area contributed by atoms with Crippen molar-refractivity contribution in [3.05, 3.63) is 53.6 Å². The summed E-state index contributed by atoms with van der Waals surface area (Å²) >= 11 is 0. The van der Waals surface area contributed by atoms with Gasteiger partial charge in [-0.3, -0.25) is 0 Å². The third-order valence-electron chi connectivity index (χ3n) is 10.2. The van der Waals surface area contributed by atoms with Crippen LogP contribution in [0.4, 0.5) is 22.0 Å². The monoisotopic (exact) mass is 548 g/mol. The van der Waals surface area contributed by atoms with Gasteiger partial charge < -0.3 is 4.74 Å². The molecule has 0 heterocycles. The first-order valence-electron chi connectivity index (χ1n) is 14.9. The lowest BCUT2D eigenvalue weighted by molar-refractivity contribution is -0.224. The molecule has 5 rings (SSSR count). The molecule has 0 spiro atoms. The van der Waals surface area contributed by atoms with Gasteiger partial charge in [0.15, 0.2) is 0 Å². The minimum Gasteiger partial charge on any atom is -0.432 e. The summed E-state index contributed by atoms with van der Waals surface area (Å²) in [4.78, 5) is 0. The van der Waals surface area contributed by atoms with E-state index in [0.29, 0.717) is 24.7 Å². The maximum absolute atomic E-state index is 15.1. The molecule has 0 amide bonds. The SMILES string of the molecule is CC1CCC(C2CCC(C3CCC(C(F)(F)Oc4ccc(-c5ccc(CF)c(F)c5)c(F)c4)CC3)CC2)CC1. The van der Waals surface area contributed by atoms with Gasteiger partial charge in [-0.05, 0) is 118 Å². The van der Waals surface area contributed by atoms with Crippen LogP contribution in [0.5, 0.6) is 5.75 Å². The van der Waals surface area contributed by atoms with Gasteiger partial charge in [-0.15, -0.1) is 0 Å². The van der Waals surface area contributed by atoms with Crippen molar-refractivity contribution in [1.82, 2.24) is 0 Å². The van der Waals surface area contributed by atoms with E-state index >= 15 is 8.78 Å². The number of alkyl halides is 3. The number of rotatable bonds is 7. The second-order valence-corrected chi connectivity index (χ2v) is 12.6. The van der Waals surface area contributed by atoms with Gasteiger partial charge in [0.1, 0.15) is 24.1 Å². The minimum atomic E-state index is -3.39. The number of hydrogen-bond acceptors (Lipinski definition) is 1. The average Bonchev–Trinajstić information content (AvgIpc) is 2.93. The van der Waals surface area contributed by atoms with Crippen molar-refractivity contribution in [1.29, 1.82) is 0 Å². The fraction of sp³-hybridized carbons (Fsp3) is 0.636.